The van der Waals surface area contributed by atoms with Crippen molar-refractivity contribution < 1.29 is 0 Å². The lowest BCUT2D eigenvalue weighted by Crippen LogP contribution is -2.12. The second-order valence-electron chi connectivity index (χ2n) is 7.87. The van der Waals surface area contributed by atoms with Crippen LogP contribution in [0.4, 0.5) is 11.4 Å². The van der Waals surface area contributed by atoms with E-state index in [1.165, 1.54) is 11.1 Å². The number of nitrogens with zero attached hydrogens (tertiary/aromatic N) is 1. The molecule has 0 saturated carbocycles. The molecule has 0 radical (unpaired) electrons. The first-order chi connectivity index (χ1) is 10.1. The maximum atomic E-state index is 3.68. The molecule has 0 unspecified atom stereocenters. The molecule has 0 fully saturated rings. The van der Waals surface area contributed by atoms with Crippen LogP contribution in [0.15, 0.2) is 48.5 Å². The first kappa shape index (κ1) is 17.1. The smallest absolute Gasteiger partial charge is 0.0551 e. The number of hydrogen-bond acceptors (Lipinski definition) is 1. The van der Waals surface area contributed by atoms with Crippen molar-refractivity contribution in [2.45, 2.75) is 52.4 Å². The molecular formula is C20H26BrN. The Morgan fingerprint density at radius 3 is 1.09 bits per heavy atom. The van der Waals surface area contributed by atoms with Gasteiger partial charge in [0, 0.05) is 0 Å². The van der Waals surface area contributed by atoms with Crippen molar-refractivity contribution in [2.24, 2.45) is 0 Å². The lowest BCUT2D eigenvalue weighted by molar-refractivity contribution is 0.590. The monoisotopic (exact) mass is 359 g/mol. The van der Waals surface area contributed by atoms with Crippen LogP contribution in [0, 0.1) is 0 Å². The minimum Gasteiger partial charge on any atom is -0.277 e. The fourth-order valence-corrected chi connectivity index (χ4v) is 2.81. The molecule has 0 amide bonds. The van der Waals surface area contributed by atoms with Crippen LogP contribution in [-0.2, 0) is 10.8 Å². The zero-order valence-corrected chi connectivity index (χ0v) is 16.0. The van der Waals surface area contributed by atoms with E-state index in [-0.39, 0.29) is 10.8 Å². The van der Waals surface area contributed by atoms with Gasteiger partial charge in [-0.2, -0.15) is 0 Å². The predicted octanol–water partition coefficient (Wildman–Crippen LogP) is 6.73. The molecule has 2 aromatic rings. The van der Waals surface area contributed by atoms with Crippen molar-refractivity contribution in [1.29, 1.82) is 0 Å². The highest BCUT2D eigenvalue weighted by atomic mass is 79.9. The number of anilines is 2. The van der Waals surface area contributed by atoms with E-state index >= 15 is 0 Å². The topological polar surface area (TPSA) is 3.24 Å². The van der Waals surface area contributed by atoms with E-state index in [0.717, 1.165) is 11.4 Å². The van der Waals surface area contributed by atoms with E-state index in [1.54, 1.807) is 0 Å². The van der Waals surface area contributed by atoms with Crippen LogP contribution in [0.2, 0.25) is 0 Å². The van der Waals surface area contributed by atoms with Gasteiger partial charge in [-0.05, 0) is 46.2 Å². The van der Waals surface area contributed by atoms with Crippen LogP contribution in [0.1, 0.15) is 52.7 Å². The molecule has 0 saturated heterocycles. The van der Waals surface area contributed by atoms with E-state index in [2.05, 4.69) is 106 Å². The summed E-state index contributed by atoms with van der Waals surface area (Å²) in [6.45, 7) is 13.4. The van der Waals surface area contributed by atoms with Gasteiger partial charge in [0.2, 0.25) is 0 Å². The van der Waals surface area contributed by atoms with E-state index < -0.39 is 0 Å². The molecule has 0 aliphatic heterocycles. The Hall–Kier alpha value is -1.28. The van der Waals surface area contributed by atoms with Gasteiger partial charge in [0.1, 0.15) is 0 Å². The third-order valence-electron chi connectivity index (χ3n) is 3.92. The molecule has 22 heavy (non-hydrogen) atoms. The third-order valence-corrected chi connectivity index (χ3v) is 4.74. The molecule has 2 rings (SSSR count). The van der Waals surface area contributed by atoms with Gasteiger partial charge >= 0.3 is 0 Å². The second kappa shape index (κ2) is 6.08. The largest absolute Gasteiger partial charge is 0.277 e. The summed E-state index contributed by atoms with van der Waals surface area (Å²) in [5.41, 5.74) is 5.34. The molecule has 0 aliphatic carbocycles. The van der Waals surface area contributed by atoms with Gasteiger partial charge in [0.15, 0.2) is 0 Å². The van der Waals surface area contributed by atoms with Crippen LogP contribution >= 0.6 is 16.1 Å². The Morgan fingerprint density at radius 1 is 0.591 bits per heavy atom. The number of benzene rings is 2. The van der Waals surface area contributed by atoms with Gasteiger partial charge in [0.25, 0.3) is 0 Å². The lowest BCUT2D eigenvalue weighted by Gasteiger charge is -2.23. The zero-order chi connectivity index (χ0) is 16.5. The highest BCUT2D eigenvalue weighted by molar-refractivity contribution is 9.10. The van der Waals surface area contributed by atoms with E-state index in [4.69, 9.17) is 0 Å². The average molecular weight is 360 g/mol. The molecule has 0 aliphatic rings. The van der Waals surface area contributed by atoms with Gasteiger partial charge < -0.3 is 0 Å². The molecule has 1 nitrogen and oxygen atoms in total. The van der Waals surface area contributed by atoms with E-state index in [1.807, 2.05) is 3.93 Å². The summed E-state index contributed by atoms with van der Waals surface area (Å²) in [7, 11) is 0. The first-order valence-corrected chi connectivity index (χ1v) is 8.47. The normalized spacial score (nSPS) is 12.3. The summed E-state index contributed by atoms with van der Waals surface area (Å²) in [5, 5.41) is 0. The quantitative estimate of drug-likeness (QED) is 0.537. The summed E-state index contributed by atoms with van der Waals surface area (Å²) in [5.74, 6) is 0. The SMILES string of the molecule is CC(C)(C)c1ccc(N(Br)c2ccc(C(C)(C)C)cc2)cc1. The Labute approximate surface area is 143 Å². The third kappa shape index (κ3) is 3.92. The van der Waals surface area contributed by atoms with Gasteiger partial charge in [-0.3, -0.25) is 3.93 Å². The van der Waals surface area contributed by atoms with Crippen LogP contribution < -0.4 is 3.93 Å². The van der Waals surface area contributed by atoms with Crippen LogP contribution in [-0.4, -0.2) is 0 Å². The zero-order valence-electron chi connectivity index (χ0n) is 14.4. The summed E-state index contributed by atoms with van der Waals surface area (Å²) in [6, 6.07) is 17.4. The second-order valence-corrected chi connectivity index (χ2v) is 8.58. The van der Waals surface area contributed by atoms with Crippen molar-refractivity contribution in [2.75, 3.05) is 3.93 Å². The molecule has 118 valence electrons. The fourth-order valence-electron chi connectivity index (χ4n) is 2.33. The Kier molecular flexibility index (Phi) is 4.72. The Bertz CT molecular complexity index is 555. The molecule has 0 heterocycles. The molecule has 0 spiro atoms. The molecular weight excluding hydrogens is 334 g/mol. The fraction of sp³-hybridized carbons (Fsp3) is 0.400. The maximum Gasteiger partial charge on any atom is 0.0551 e. The Morgan fingerprint density at radius 2 is 0.864 bits per heavy atom. The molecule has 2 heteroatoms. The van der Waals surface area contributed by atoms with Crippen molar-refractivity contribution in [3.8, 4) is 0 Å². The minimum absolute atomic E-state index is 0.185. The maximum absolute atomic E-state index is 3.68. The molecule has 0 atom stereocenters. The van der Waals surface area contributed by atoms with Gasteiger partial charge in [-0.25, -0.2) is 0 Å². The molecule has 2 aromatic carbocycles. The van der Waals surface area contributed by atoms with Gasteiger partial charge in [-0.1, -0.05) is 65.8 Å². The minimum atomic E-state index is 0.185. The highest BCUT2D eigenvalue weighted by Crippen LogP contribution is 2.33. The van der Waals surface area contributed by atoms with Crippen molar-refractivity contribution in [1.82, 2.24) is 0 Å². The first-order valence-electron chi connectivity index (χ1n) is 7.76. The molecule has 0 N–H and O–H groups in total. The standard InChI is InChI=1S/C20H26BrN/c1-19(2,3)15-7-11-17(12-8-15)22(21)18-13-9-16(10-14-18)20(4,5)6/h7-14H,1-6H3. The average Bonchev–Trinajstić information content (AvgIpc) is 2.45. The number of halogens is 1. The van der Waals surface area contributed by atoms with Gasteiger partial charge in [0.05, 0.1) is 27.5 Å². The van der Waals surface area contributed by atoms with Crippen molar-refractivity contribution in [3.05, 3.63) is 59.7 Å². The summed E-state index contributed by atoms with van der Waals surface area (Å²) < 4.78 is 2.05. The number of rotatable bonds is 2. The summed E-state index contributed by atoms with van der Waals surface area (Å²) >= 11 is 3.68. The van der Waals surface area contributed by atoms with Crippen molar-refractivity contribution >= 4 is 27.5 Å². The lowest BCUT2D eigenvalue weighted by atomic mass is 9.87. The summed E-state index contributed by atoms with van der Waals surface area (Å²) in [6.07, 6.45) is 0. The highest BCUT2D eigenvalue weighted by Gasteiger charge is 2.16. The summed E-state index contributed by atoms with van der Waals surface area (Å²) in [4.78, 5) is 0. The van der Waals surface area contributed by atoms with E-state index in [0.29, 0.717) is 0 Å². The van der Waals surface area contributed by atoms with Gasteiger partial charge in [-0.15, -0.1) is 0 Å². The van der Waals surface area contributed by atoms with Crippen LogP contribution in [0.3, 0.4) is 0 Å². The van der Waals surface area contributed by atoms with Crippen LogP contribution in [0.5, 0.6) is 0 Å². The molecule has 0 aromatic heterocycles. The Balaban J connectivity index is 2.23. The van der Waals surface area contributed by atoms with Crippen LogP contribution in [0.25, 0.3) is 0 Å². The predicted molar refractivity (Wildman–Crippen MR) is 101 cm³/mol. The van der Waals surface area contributed by atoms with Crippen molar-refractivity contribution in [3.63, 3.8) is 0 Å². The molecule has 0 bridgehead atoms. The number of hydrogen-bond donors (Lipinski definition) is 0. The van der Waals surface area contributed by atoms with E-state index in [9.17, 15) is 0 Å².